The summed E-state index contributed by atoms with van der Waals surface area (Å²) < 4.78 is 5.54. The van der Waals surface area contributed by atoms with Gasteiger partial charge >= 0.3 is 0 Å². The molecule has 0 aromatic heterocycles. The first-order valence-corrected chi connectivity index (χ1v) is 6.95. The predicted molar refractivity (Wildman–Crippen MR) is 71.9 cm³/mol. The Morgan fingerprint density at radius 1 is 1.33 bits per heavy atom. The van der Waals surface area contributed by atoms with Crippen molar-refractivity contribution in [2.75, 3.05) is 26.2 Å². The van der Waals surface area contributed by atoms with Crippen LogP contribution in [0.25, 0.3) is 0 Å². The Bertz CT molecular complexity index is 295. The first kappa shape index (κ1) is 14.1. The van der Waals surface area contributed by atoms with Gasteiger partial charge in [0.1, 0.15) is 0 Å². The molecule has 0 saturated carbocycles. The van der Waals surface area contributed by atoms with Crippen LogP contribution < -0.4 is 5.32 Å². The molecule has 3 unspecified atom stereocenters. The molecule has 1 N–H and O–H groups in total. The summed E-state index contributed by atoms with van der Waals surface area (Å²) in [5.74, 6) is 0.999. The summed E-state index contributed by atoms with van der Waals surface area (Å²) in [5, 5.41) is 3.53. The molecule has 3 atom stereocenters. The SMILES string of the molecule is Cl.O=C(CC1CCCO1)N1CCC2NCCC2C1. The van der Waals surface area contributed by atoms with Crippen molar-refractivity contribution in [1.29, 1.82) is 0 Å². The number of nitrogens with one attached hydrogen (secondary N) is 1. The number of rotatable bonds is 2. The maximum atomic E-state index is 12.2. The van der Waals surface area contributed by atoms with Crippen molar-refractivity contribution < 1.29 is 9.53 Å². The molecule has 0 bridgehead atoms. The largest absolute Gasteiger partial charge is 0.378 e. The van der Waals surface area contributed by atoms with E-state index in [9.17, 15) is 4.79 Å². The van der Waals surface area contributed by atoms with Crippen molar-refractivity contribution in [2.45, 2.75) is 44.2 Å². The number of halogens is 1. The van der Waals surface area contributed by atoms with E-state index in [-0.39, 0.29) is 18.5 Å². The number of fused-ring (bicyclic) bond motifs is 1. The van der Waals surface area contributed by atoms with Crippen molar-refractivity contribution in [3.8, 4) is 0 Å². The summed E-state index contributed by atoms with van der Waals surface area (Å²) in [6.07, 6.45) is 5.34. The second-order valence-corrected chi connectivity index (χ2v) is 5.58. The summed E-state index contributed by atoms with van der Waals surface area (Å²) in [5.41, 5.74) is 0. The number of piperidine rings is 1. The predicted octanol–water partition coefficient (Wildman–Crippen LogP) is 1.19. The quantitative estimate of drug-likeness (QED) is 0.822. The minimum Gasteiger partial charge on any atom is -0.378 e. The summed E-state index contributed by atoms with van der Waals surface area (Å²) >= 11 is 0. The molecule has 0 aromatic carbocycles. The fourth-order valence-corrected chi connectivity index (χ4v) is 3.40. The lowest BCUT2D eigenvalue weighted by atomic mass is 9.93. The van der Waals surface area contributed by atoms with Crippen molar-refractivity contribution in [3.05, 3.63) is 0 Å². The van der Waals surface area contributed by atoms with Crippen LogP contribution in [-0.4, -0.2) is 49.2 Å². The third kappa shape index (κ3) is 2.98. The molecular formula is C13H23ClN2O2. The highest BCUT2D eigenvalue weighted by atomic mass is 35.5. The van der Waals surface area contributed by atoms with Crippen molar-refractivity contribution in [3.63, 3.8) is 0 Å². The Labute approximate surface area is 115 Å². The number of carbonyl (C=O) groups is 1. The normalized spacial score (nSPS) is 35.1. The van der Waals surface area contributed by atoms with Gasteiger partial charge in [0.05, 0.1) is 12.5 Å². The highest BCUT2D eigenvalue weighted by Crippen LogP contribution is 2.25. The topological polar surface area (TPSA) is 41.6 Å². The van der Waals surface area contributed by atoms with E-state index in [1.807, 2.05) is 0 Å². The van der Waals surface area contributed by atoms with E-state index in [1.165, 1.54) is 6.42 Å². The van der Waals surface area contributed by atoms with Crippen LogP contribution in [0.1, 0.15) is 32.1 Å². The smallest absolute Gasteiger partial charge is 0.225 e. The number of hydrogen-bond donors (Lipinski definition) is 1. The number of hydrogen-bond acceptors (Lipinski definition) is 3. The van der Waals surface area contributed by atoms with E-state index < -0.39 is 0 Å². The van der Waals surface area contributed by atoms with E-state index in [2.05, 4.69) is 10.2 Å². The Kier molecular flexibility index (Phi) is 4.87. The van der Waals surface area contributed by atoms with Crippen molar-refractivity contribution in [2.24, 2.45) is 5.92 Å². The van der Waals surface area contributed by atoms with Gasteiger partial charge in [-0.1, -0.05) is 0 Å². The van der Waals surface area contributed by atoms with Gasteiger partial charge in [0.15, 0.2) is 0 Å². The van der Waals surface area contributed by atoms with E-state index in [4.69, 9.17) is 4.74 Å². The molecule has 0 spiro atoms. The van der Waals surface area contributed by atoms with Gasteiger partial charge in [-0.25, -0.2) is 0 Å². The first-order valence-electron chi connectivity index (χ1n) is 6.95. The Balaban J connectivity index is 0.00000120. The van der Waals surface area contributed by atoms with Gasteiger partial charge in [-0.3, -0.25) is 4.79 Å². The molecule has 3 aliphatic heterocycles. The molecule has 3 rings (SSSR count). The molecule has 3 heterocycles. The van der Waals surface area contributed by atoms with E-state index in [0.29, 0.717) is 24.3 Å². The third-order valence-corrected chi connectivity index (χ3v) is 4.43. The van der Waals surface area contributed by atoms with Gasteiger partial charge < -0.3 is 15.0 Å². The molecule has 0 aliphatic carbocycles. The van der Waals surface area contributed by atoms with Crippen molar-refractivity contribution >= 4 is 18.3 Å². The van der Waals surface area contributed by atoms with Gasteiger partial charge in [0.25, 0.3) is 0 Å². The highest BCUT2D eigenvalue weighted by Gasteiger charge is 2.34. The molecule has 3 saturated heterocycles. The van der Waals surface area contributed by atoms with Crippen LogP contribution in [0.4, 0.5) is 0 Å². The van der Waals surface area contributed by atoms with Crippen LogP contribution in [-0.2, 0) is 9.53 Å². The minimum absolute atomic E-state index is 0. The molecule has 4 nitrogen and oxygen atoms in total. The van der Waals surface area contributed by atoms with Crippen molar-refractivity contribution in [1.82, 2.24) is 10.2 Å². The van der Waals surface area contributed by atoms with Crippen LogP contribution >= 0.6 is 12.4 Å². The summed E-state index contributed by atoms with van der Waals surface area (Å²) in [7, 11) is 0. The second-order valence-electron chi connectivity index (χ2n) is 5.58. The standard InChI is InChI=1S/C13H22N2O2.ClH/c16-13(8-11-2-1-7-17-11)15-6-4-12-10(9-15)3-5-14-12;/h10-12,14H,1-9H2;1H. The molecule has 18 heavy (non-hydrogen) atoms. The fourth-order valence-electron chi connectivity index (χ4n) is 3.40. The molecule has 3 fully saturated rings. The zero-order chi connectivity index (χ0) is 11.7. The van der Waals surface area contributed by atoms with Crippen LogP contribution in [0.5, 0.6) is 0 Å². The molecular weight excluding hydrogens is 252 g/mol. The molecule has 3 aliphatic rings. The van der Waals surface area contributed by atoms with Crippen LogP contribution in [0, 0.1) is 5.92 Å². The average molecular weight is 275 g/mol. The number of nitrogens with zero attached hydrogens (tertiary/aromatic N) is 1. The number of likely N-dealkylation sites (tertiary alicyclic amines) is 1. The number of ether oxygens (including phenoxy) is 1. The molecule has 1 amide bonds. The monoisotopic (exact) mass is 274 g/mol. The van der Waals surface area contributed by atoms with Gasteiger partial charge in [-0.15, -0.1) is 12.4 Å². The molecule has 0 aromatic rings. The fraction of sp³-hybridized carbons (Fsp3) is 0.923. The lowest BCUT2D eigenvalue weighted by molar-refractivity contribution is -0.135. The Hall–Kier alpha value is -0.320. The third-order valence-electron chi connectivity index (χ3n) is 4.43. The van der Waals surface area contributed by atoms with Gasteiger partial charge in [0.2, 0.25) is 5.91 Å². The second kappa shape index (κ2) is 6.22. The maximum absolute atomic E-state index is 12.2. The van der Waals surface area contributed by atoms with Crippen LogP contribution in [0.15, 0.2) is 0 Å². The summed E-state index contributed by atoms with van der Waals surface area (Å²) in [4.78, 5) is 14.2. The molecule has 0 radical (unpaired) electrons. The summed E-state index contributed by atoms with van der Waals surface area (Å²) in [6.45, 7) is 3.86. The maximum Gasteiger partial charge on any atom is 0.225 e. The lowest BCUT2D eigenvalue weighted by Gasteiger charge is -2.35. The number of carbonyl (C=O) groups excluding carboxylic acids is 1. The molecule has 104 valence electrons. The van der Waals surface area contributed by atoms with Gasteiger partial charge in [0, 0.05) is 25.7 Å². The van der Waals surface area contributed by atoms with E-state index >= 15 is 0 Å². The van der Waals surface area contributed by atoms with Gasteiger partial charge in [-0.05, 0) is 38.1 Å². The zero-order valence-corrected chi connectivity index (χ0v) is 11.6. The zero-order valence-electron chi connectivity index (χ0n) is 10.8. The number of amides is 1. The van der Waals surface area contributed by atoms with Crippen LogP contribution in [0.2, 0.25) is 0 Å². The van der Waals surface area contributed by atoms with Gasteiger partial charge in [-0.2, -0.15) is 0 Å². The Morgan fingerprint density at radius 2 is 2.22 bits per heavy atom. The lowest BCUT2D eigenvalue weighted by Crippen LogP contribution is -2.47. The Morgan fingerprint density at radius 3 is 3.00 bits per heavy atom. The van der Waals surface area contributed by atoms with E-state index in [1.54, 1.807) is 0 Å². The van der Waals surface area contributed by atoms with E-state index in [0.717, 1.165) is 45.5 Å². The molecule has 5 heteroatoms. The average Bonchev–Trinajstić information content (AvgIpc) is 2.97. The summed E-state index contributed by atoms with van der Waals surface area (Å²) in [6, 6.07) is 0.668. The highest BCUT2D eigenvalue weighted by molar-refractivity contribution is 5.85. The minimum atomic E-state index is 0. The first-order chi connectivity index (χ1) is 8.33. The van der Waals surface area contributed by atoms with Crippen LogP contribution in [0.3, 0.4) is 0 Å².